The smallest absolute Gasteiger partial charge is 0.341 e. The summed E-state index contributed by atoms with van der Waals surface area (Å²) < 4.78 is 10.7. The lowest BCUT2D eigenvalue weighted by Crippen LogP contribution is -2.24. The highest BCUT2D eigenvalue weighted by Gasteiger charge is 2.14. The number of ether oxygens (including phenoxy) is 2. The first-order chi connectivity index (χ1) is 14.3. The van der Waals surface area contributed by atoms with Crippen LogP contribution >= 0.6 is 0 Å². The van der Waals surface area contributed by atoms with E-state index in [1.165, 1.54) is 13.3 Å². The van der Waals surface area contributed by atoms with E-state index < -0.39 is 18.6 Å². The van der Waals surface area contributed by atoms with Gasteiger partial charge in [-0.05, 0) is 49.6 Å². The monoisotopic (exact) mass is 411 g/mol. The number of aliphatic carboxylic acids is 1. The van der Waals surface area contributed by atoms with Gasteiger partial charge in [-0.25, -0.2) is 15.0 Å². The number of hydrogen-bond donors (Lipinski definition) is 3. The van der Waals surface area contributed by atoms with Gasteiger partial charge in [-0.3, -0.25) is 0 Å². The van der Waals surface area contributed by atoms with Crippen molar-refractivity contribution in [2.45, 2.75) is 20.3 Å². The molecule has 0 bridgehead atoms. The van der Waals surface area contributed by atoms with Gasteiger partial charge in [0.25, 0.3) is 0 Å². The van der Waals surface area contributed by atoms with Gasteiger partial charge in [0.05, 0.1) is 13.3 Å². The van der Waals surface area contributed by atoms with Crippen molar-refractivity contribution in [3.63, 3.8) is 0 Å². The lowest BCUT2D eigenvalue weighted by Gasteiger charge is -2.14. The summed E-state index contributed by atoms with van der Waals surface area (Å²) in [7, 11) is 1.46. The number of carbonyl (C=O) groups is 2. The SMILES string of the molecule is C=CCc1cc(/C=N/NC(=O)Nc2ccc(C)cc2C)cc(OC)c1OCC(=O)O. The molecule has 0 aromatic heterocycles. The summed E-state index contributed by atoms with van der Waals surface area (Å²) in [4.78, 5) is 22.9. The Balaban J connectivity index is 2.13. The van der Waals surface area contributed by atoms with Crippen molar-refractivity contribution in [2.24, 2.45) is 5.10 Å². The number of nitrogens with one attached hydrogen (secondary N) is 2. The fraction of sp³-hybridized carbons (Fsp3) is 0.227. The van der Waals surface area contributed by atoms with Crippen LogP contribution in [0.25, 0.3) is 0 Å². The molecule has 0 heterocycles. The van der Waals surface area contributed by atoms with Gasteiger partial charge in [-0.15, -0.1) is 6.58 Å². The number of hydrogen-bond acceptors (Lipinski definition) is 5. The molecule has 2 aromatic carbocycles. The lowest BCUT2D eigenvalue weighted by molar-refractivity contribution is -0.139. The topological polar surface area (TPSA) is 109 Å². The molecule has 0 aliphatic heterocycles. The summed E-state index contributed by atoms with van der Waals surface area (Å²) in [5.41, 5.74) is 6.49. The molecule has 0 saturated carbocycles. The summed E-state index contributed by atoms with van der Waals surface area (Å²) in [5, 5.41) is 15.6. The van der Waals surface area contributed by atoms with Crippen LogP contribution in [-0.4, -0.2) is 37.0 Å². The molecule has 3 N–H and O–H groups in total. The quantitative estimate of drug-likeness (QED) is 0.331. The molecule has 158 valence electrons. The first-order valence-corrected chi connectivity index (χ1v) is 9.17. The minimum atomic E-state index is -1.09. The molecule has 2 amide bonds. The molecular formula is C22H25N3O5. The molecule has 0 saturated heterocycles. The van der Waals surface area contributed by atoms with Crippen LogP contribution < -0.4 is 20.2 Å². The van der Waals surface area contributed by atoms with E-state index in [1.807, 2.05) is 32.0 Å². The zero-order chi connectivity index (χ0) is 22.1. The van der Waals surface area contributed by atoms with Crippen LogP contribution in [0, 0.1) is 13.8 Å². The van der Waals surface area contributed by atoms with Gasteiger partial charge in [0.15, 0.2) is 18.1 Å². The molecule has 0 unspecified atom stereocenters. The average Bonchev–Trinajstić information content (AvgIpc) is 2.69. The van der Waals surface area contributed by atoms with Crippen molar-refractivity contribution in [3.8, 4) is 11.5 Å². The molecular weight excluding hydrogens is 386 g/mol. The fourth-order valence-corrected chi connectivity index (χ4v) is 2.78. The molecule has 8 nitrogen and oxygen atoms in total. The molecule has 8 heteroatoms. The maximum absolute atomic E-state index is 12.1. The third-order valence-corrected chi connectivity index (χ3v) is 4.09. The summed E-state index contributed by atoms with van der Waals surface area (Å²) in [5.74, 6) is -0.402. The third kappa shape index (κ3) is 6.37. The largest absolute Gasteiger partial charge is 0.493 e. The molecule has 0 fully saturated rings. The highest BCUT2D eigenvalue weighted by molar-refractivity contribution is 5.91. The summed E-state index contributed by atoms with van der Waals surface area (Å²) in [6, 6.07) is 8.63. The molecule has 30 heavy (non-hydrogen) atoms. The van der Waals surface area contributed by atoms with Crippen LogP contribution in [0.1, 0.15) is 22.3 Å². The standard InChI is InChI=1S/C22H25N3O5/c1-5-6-17-10-16(11-19(29-4)21(17)30-13-20(26)27)12-23-25-22(28)24-18-8-7-14(2)9-15(18)3/h5,7-12H,1,6,13H2,2-4H3,(H,26,27)(H2,24,25,28)/b23-12+. The van der Waals surface area contributed by atoms with Gasteiger partial charge in [0.2, 0.25) is 0 Å². The maximum Gasteiger partial charge on any atom is 0.341 e. The second-order valence-corrected chi connectivity index (χ2v) is 6.53. The second-order valence-electron chi connectivity index (χ2n) is 6.53. The van der Waals surface area contributed by atoms with Crippen molar-refractivity contribution in [1.29, 1.82) is 0 Å². The predicted octanol–water partition coefficient (Wildman–Crippen LogP) is 3.66. The van der Waals surface area contributed by atoms with E-state index in [9.17, 15) is 9.59 Å². The van der Waals surface area contributed by atoms with Crippen molar-refractivity contribution in [1.82, 2.24) is 5.43 Å². The van der Waals surface area contributed by atoms with Gasteiger partial charge in [-0.1, -0.05) is 23.8 Å². The maximum atomic E-state index is 12.1. The molecule has 0 spiro atoms. The van der Waals surface area contributed by atoms with Crippen LogP contribution in [0.3, 0.4) is 0 Å². The Hall–Kier alpha value is -3.81. The predicted molar refractivity (Wildman–Crippen MR) is 116 cm³/mol. The lowest BCUT2D eigenvalue weighted by atomic mass is 10.1. The van der Waals surface area contributed by atoms with Crippen LogP contribution in [0.2, 0.25) is 0 Å². The first-order valence-electron chi connectivity index (χ1n) is 9.17. The Morgan fingerprint density at radius 1 is 1.23 bits per heavy atom. The molecule has 2 aromatic rings. The summed E-state index contributed by atoms with van der Waals surface area (Å²) >= 11 is 0. The number of aryl methyl sites for hydroxylation is 2. The Morgan fingerprint density at radius 2 is 2.00 bits per heavy atom. The van der Waals surface area contributed by atoms with Gasteiger partial charge < -0.3 is 19.9 Å². The molecule has 0 aliphatic rings. The summed E-state index contributed by atoms with van der Waals surface area (Å²) in [6.07, 6.45) is 3.56. The van der Waals surface area contributed by atoms with E-state index in [4.69, 9.17) is 14.6 Å². The van der Waals surface area contributed by atoms with Gasteiger partial charge in [0, 0.05) is 11.3 Å². The van der Waals surface area contributed by atoms with Crippen molar-refractivity contribution >= 4 is 23.9 Å². The number of methoxy groups -OCH3 is 1. The molecule has 2 rings (SSSR count). The average molecular weight is 411 g/mol. The molecule has 0 radical (unpaired) electrons. The minimum absolute atomic E-state index is 0.331. The number of carbonyl (C=O) groups excluding carboxylic acids is 1. The normalized spacial score (nSPS) is 10.5. The molecule has 0 aliphatic carbocycles. The highest BCUT2D eigenvalue weighted by atomic mass is 16.5. The second kappa shape index (κ2) is 10.7. The van der Waals surface area contributed by atoms with E-state index in [0.717, 1.165) is 11.1 Å². The number of rotatable bonds is 9. The third-order valence-electron chi connectivity index (χ3n) is 4.09. The zero-order valence-corrected chi connectivity index (χ0v) is 17.2. The van der Waals surface area contributed by atoms with Crippen LogP contribution in [-0.2, 0) is 11.2 Å². The number of hydrazone groups is 1. The Kier molecular flexibility index (Phi) is 7.99. The van der Waals surface area contributed by atoms with E-state index >= 15 is 0 Å². The van der Waals surface area contributed by atoms with Crippen molar-refractivity contribution in [2.75, 3.05) is 19.0 Å². The van der Waals surface area contributed by atoms with E-state index in [2.05, 4.69) is 22.4 Å². The van der Waals surface area contributed by atoms with Crippen LogP contribution in [0.5, 0.6) is 11.5 Å². The number of carboxylic acid groups (broad SMARTS) is 1. The van der Waals surface area contributed by atoms with Gasteiger partial charge in [0.1, 0.15) is 0 Å². The Morgan fingerprint density at radius 3 is 2.63 bits per heavy atom. The summed E-state index contributed by atoms with van der Waals surface area (Å²) in [6.45, 7) is 7.10. The number of carboxylic acids is 1. The Bertz CT molecular complexity index is 969. The molecule has 0 atom stereocenters. The Labute approximate surface area is 175 Å². The minimum Gasteiger partial charge on any atom is -0.493 e. The number of benzene rings is 2. The number of nitrogens with zero attached hydrogens (tertiary/aromatic N) is 1. The van der Waals surface area contributed by atoms with Crippen molar-refractivity contribution in [3.05, 3.63) is 65.2 Å². The van der Waals surface area contributed by atoms with Crippen LogP contribution in [0.15, 0.2) is 48.1 Å². The van der Waals surface area contributed by atoms with E-state index in [1.54, 1.807) is 18.2 Å². The van der Waals surface area contributed by atoms with E-state index in [-0.39, 0.29) is 0 Å². The van der Waals surface area contributed by atoms with Gasteiger partial charge >= 0.3 is 12.0 Å². The first kappa shape index (κ1) is 22.5. The van der Waals surface area contributed by atoms with Crippen molar-refractivity contribution < 1.29 is 24.2 Å². The fourth-order valence-electron chi connectivity index (χ4n) is 2.78. The number of allylic oxidation sites excluding steroid dienone is 1. The number of urea groups is 1. The number of amides is 2. The number of anilines is 1. The van der Waals surface area contributed by atoms with E-state index in [0.29, 0.717) is 34.7 Å². The van der Waals surface area contributed by atoms with Gasteiger partial charge in [-0.2, -0.15) is 5.10 Å². The van der Waals surface area contributed by atoms with Crippen LogP contribution in [0.4, 0.5) is 10.5 Å². The highest BCUT2D eigenvalue weighted by Crippen LogP contribution is 2.33. The zero-order valence-electron chi connectivity index (χ0n) is 17.2.